The Morgan fingerprint density at radius 1 is 1.10 bits per heavy atom. The summed E-state index contributed by atoms with van der Waals surface area (Å²) in [5.74, 6) is -0.944. The lowest BCUT2D eigenvalue weighted by Crippen LogP contribution is -2.29. The Kier molecular flexibility index (Phi) is 4.71. The van der Waals surface area contributed by atoms with Crippen LogP contribution in [0.25, 0.3) is 0 Å². The zero-order valence-electron chi connectivity index (χ0n) is 11.3. The first-order valence-electron chi connectivity index (χ1n) is 6.22. The lowest BCUT2D eigenvalue weighted by Gasteiger charge is -2.09. The van der Waals surface area contributed by atoms with Crippen LogP contribution < -0.4 is 15.4 Å². The predicted molar refractivity (Wildman–Crippen MR) is 75.2 cm³/mol. The number of benzene rings is 2. The summed E-state index contributed by atoms with van der Waals surface area (Å²) < 4.78 is 31.7. The number of anilines is 1. The lowest BCUT2D eigenvalue weighted by atomic mass is 10.2. The molecule has 21 heavy (non-hydrogen) atoms. The molecule has 2 N–H and O–H groups in total. The summed E-state index contributed by atoms with van der Waals surface area (Å²) in [4.78, 5) is 11.6. The van der Waals surface area contributed by atoms with Crippen LogP contribution in [0.1, 0.15) is 5.56 Å². The molecule has 2 aromatic rings. The zero-order chi connectivity index (χ0) is 15.2. The minimum Gasteiger partial charge on any atom is -0.497 e. The van der Waals surface area contributed by atoms with Gasteiger partial charge in [0.2, 0.25) is 0 Å². The molecule has 0 fully saturated rings. The van der Waals surface area contributed by atoms with Crippen LogP contribution in [0.15, 0.2) is 42.5 Å². The summed E-state index contributed by atoms with van der Waals surface area (Å²) >= 11 is 0. The molecule has 0 aliphatic rings. The largest absolute Gasteiger partial charge is 0.497 e. The number of urea groups is 1. The Balaban J connectivity index is 1.92. The molecule has 0 unspecified atom stereocenters. The Hall–Kier alpha value is -2.63. The van der Waals surface area contributed by atoms with E-state index < -0.39 is 23.4 Å². The number of ether oxygens (including phenoxy) is 1. The van der Waals surface area contributed by atoms with Gasteiger partial charge in [-0.05, 0) is 29.8 Å². The van der Waals surface area contributed by atoms with Crippen LogP contribution in [0.4, 0.5) is 19.3 Å². The van der Waals surface area contributed by atoms with E-state index in [9.17, 15) is 13.6 Å². The topological polar surface area (TPSA) is 50.4 Å². The SMILES string of the molecule is COc1ccc(CNC(=O)Nc2c(F)cccc2F)cc1. The summed E-state index contributed by atoms with van der Waals surface area (Å²) in [7, 11) is 1.56. The Morgan fingerprint density at radius 3 is 2.29 bits per heavy atom. The van der Waals surface area contributed by atoms with Crippen molar-refractivity contribution in [3.8, 4) is 5.75 Å². The van der Waals surface area contributed by atoms with Crippen LogP contribution in [0.5, 0.6) is 5.75 Å². The Bertz CT molecular complexity index is 610. The van der Waals surface area contributed by atoms with Crippen LogP contribution >= 0.6 is 0 Å². The highest BCUT2D eigenvalue weighted by Gasteiger charge is 2.11. The third kappa shape index (κ3) is 3.92. The van der Waals surface area contributed by atoms with E-state index in [0.717, 1.165) is 17.7 Å². The maximum Gasteiger partial charge on any atom is 0.319 e. The number of hydrogen-bond donors (Lipinski definition) is 2. The van der Waals surface area contributed by atoms with Crippen LogP contribution in [0.3, 0.4) is 0 Å². The summed E-state index contributed by atoms with van der Waals surface area (Å²) in [6.07, 6.45) is 0. The van der Waals surface area contributed by atoms with Gasteiger partial charge in [-0.25, -0.2) is 13.6 Å². The van der Waals surface area contributed by atoms with Gasteiger partial charge < -0.3 is 15.4 Å². The van der Waals surface area contributed by atoms with E-state index in [2.05, 4.69) is 10.6 Å². The highest BCUT2D eigenvalue weighted by Crippen LogP contribution is 2.17. The number of amides is 2. The van der Waals surface area contributed by atoms with Gasteiger partial charge in [0.05, 0.1) is 7.11 Å². The smallest absolute Gasteiger partial charge is 0.319 e. The molecule has 2 rings (SSSR count). The highest BCUT2D eigenvalue weighted by molar-refractivity contribution is 5.89. The summed E-state index contributed by atoms with van der Waals surface area (Å²) in [6, 6.07) is 9.76. The number of carbonyl (C=O) groups is 1. The third-order valence-electron chi connectivity index (χ3n) is 2.81. The highest BCUT2D eigenvalue weighted by atomic mass is 19.1. The first-order chi connectivity index (χ1) is 10.1. The fraction of sp³-hybridized carbons (Fsp3) is 0.133. The van der Waals surface area contributed by atoms with Crippen LogP contribution in [-0.4, -0.2) is 13.1 Å². The molecule has 6 heteroatoms. The van der Waals surface area contributed by atoms with Crippen LogP contribution in [0.2, 0.25) is 0 Å². The van der Waals surface area contributed by atoms with Crippen molar-refractivity contribution in [1.29, 1.82) is 0 Å². The molecule has 2 amide bonds. The molecular formula is C15H14F2N2O2. The number of nitrogens with one attached hydrogen (secondary N) is 2. The number of carbonyl (C=O) groups excluding carboxylic acids is 1. The van der Waals surface area contributed by atoms with E-state index in [1.54, 1.807) is 31.4 Å². The number of methoxy groups -OCH3 is 1. The summed E-state index contributed by atoms with van der Waals surface area (Å²) in [6.45, 7) is 0.228. The van der Waals surface area contributed by atoms with Crippen molar-refractivity contribution >= 4 is 11.7 Å². The second-order valence-electron chi connectivity index (χ2n) is 4.25. The van der Waals surface area contributed by atoms with Gasteiger partial charge in [-0.3, -0.25) is 0 Å². The average molecular weight is 292 g/mol. The monoisotopic (exact) mass is 292 g/mol. The maximum atomic E-state index is 13.4. The van der Waals surface area contributed by atoms with Gasteiger partial charge in [0, 0.05) is 6.54 Å². The quantitative estimate of drug-likeness (QED) is 0.908. The molecule has 0 radical (unpaired) electrons. The number of halogens is 2. The zero-order valence-corrected chi connectivity index (χ0v) is 11.3. The molecule has 110 valence electrons. The van der Waals surface area contributed by atoms with Crippen LogP contribution in [0, 0.1) is 11.6 Å². The van der Waals surface area contributed by atoms with Crippen molar-refractivity contribution in [3.63, 3.8) is 0 Å². The van der Waals surface area contributed by atoms with Gasteiger partial charge in [-0.15, -0.1) is 0 Å². The molecular weight excluding hydrogens is 278 g/mol. The molecule has 0 aliphatic carbocycles. The van der Waals surface area contributed by atoms with E-state index >= 15 is 0 Å². The van der Waals surface area contributed by atoms with Crippen molar-refractivity contribution in [2.45, 2.75) is 6.54 Å². The van der Waals surface area contributed by atoms with Crippen molar-refractivity contribution in [3.05, 3.63) is 59.7 Å². The summed E-state index contributed by atoms with van der Waals surface area (Å²) in [5.41, 5.74) is 0.365. The Labute approximate surface area is 120 Å². The molecule has 0 aromatic heterocycles. The van der Waals surface area contributed by atoms with Gasteiger partial charge in [0.25, 0.3) is 0 Å². The Morgan fingerprint density at radius 2 is 1.71 bits per heavy atom. The average Bonchev–Trinajstić information content (AvgIpc) is 2.49. The van der Waals surface area contributed by atoms with E-state index in [0.29, 0.717) is 5.75 Å². The number of rotatable bonds is 4. The van der Waals surface area contributed by atoms with Crippen molar-refractivity contribution in [1.82, 2.24) is 5.32 Å². The second kappa shape index (κ2) is 6.69. The van der Waals surface area contributed by atoms with Gasteiger partial charge in [0.1, 0.15) is 23.1 Å². The predicted octanol–water partition coefficient (Wildman–Crippen LogP) is 3.30. The molecule has 0 aliphatic heterocycles. The van der Waals surface area contributed by atoms with E-state index in [1.165, 1.54) is 6.07 Å². The molecule has 0 spiro atoms. The van der Waals surface area contributed by atoms with E-state index in [1.807, 2.05) is 0 Å². The van der Waals surface area contributed by atoms with Gasteiger partial charge >= 0.3 is 6.03 Å². The molecule has 0 saturated carbocycles. The summed E-state index contributed by atoms with van der Waals surface area (Å²) in [5, 5.41) is 4.66. The maximum absolute atomic E-state index is 13.4. The molecule has 0 heterocycles. The van der Waals surface area contributed by atoms with Crippen molar-refractivity contribution < 1.29 is 18.3 Å². The molecule has 2 aromatic carbocycles. The van der Waals surface area contributed by atoms with Gasteiger partial charge in [-0.1, -0.05) is 18.2 Å². The first kappa shape index (κ1) is 14.8. The second-order valence-corrected chi connectivity index (χ2v) is 4.25. The molecule has 0 atom stereocenters. The van der Waals surface area contributed by atoms with E-state index in [-0.39, 0.29) is 6.54 Å². The van der Waals surface area contributed by atoms with Crippen molar-refractivity contribution in [2.24, 2.45) is 0 Å². The van der Waals surface area contributed by atoms with Gasteiger partial charge in [0.15, 0.2) is 0 Å². The number of hydrogen-bond acceptors (Lipinski definition) is 2. The molecule has 0 saturated heterocycles. The molecule has 0 bridgehead atoms. The lowest BCUT2D eigenvalue weighted by molar-refractivity contribution is 0.251. The normalized spacial score (nSPS) is 10.0. The molecule has 4 nitrogen and oxygen atoms in total. The van der Waals surface area contributed by atoms with Gasteiger partial charge in [-0.2, -0.15) is 0 Å². The number of para-hydroxylation sites is 1. The van der Waals surface area contributed by atoms with Crippen LogP contribution in [-0.2, 0) is 6.54 Å². The fourth-order valence-electron chi connectivity index (χ4n) is 1.70. The minimum atomic E-state index is -0.824. The first-order valence-corrected chi connectivity index (χ1v) is 6.22. The fourth-order valence-corrected chi connectivity index (χ4v) is 1.70. The standard InChI is InChI=1S/C15H14F2N2O2/c1-21-11-7-5-10(6-8-11)9-18-15(20)19-14-12(16)3-2-4-13(14)17/h2-8H,9H2,1H3,(H2,18,19,20). The van der Waals surface area contributed by atoms with Crippen molar-refractivity contribution in [2.75, 3.05) is 12.4 Å². The third-order valence-corrected chi connectivity index (χ3v) is 2.81. The van der Waals surface area contributed by atoms with E-state index in [4.69, 9.17) is 4.74 Å². The minimum absolute atomic E-state index is 0.228.